The fourth-order valence-electron chi connectivity index (χ4n) is 2.90. The third-order valence-electron chi connectivity index (χ3n) is 4.10. The predicted octanol–water partition coefficient (Wildman–Crippen LogP) is 6.21. The Labute approximate surface area is 159 Å². The number of benzene rings is 3. The van der Waals surface area contributed by atoms with E-state index in [1.165, 1.54) is 0 Å². The smallest absolute Gasteiger partial charge is 0.303 e. The number of hydrogen-bond donors (Lipinski definition) is 1. The Hall–Kier alpha value is -1.74. The van der Waals surface area contributed by atoms with Crippen LogP contribution in [0.4, 0.5) is 5.69 Å². The van der Waals surface area contributed by atoms with Gasteiger partial charge in [-0.15, -0.1) is 0 Å². The Morgan fingerprint density at radius 2 is 1.72 bits per heavy atom. The summed E-state index contributed by atoms with van der Waals surface area (Å²) < 4.78 is 20.8. The molecule has 1 aliphatic rings. The standard InChI is InChI=1S/C19H14BrClNO2P/c20-13-6-11-18-17(12-13)19(22-15-9-7-14(21)8-10-15)25(23,24-18)16-4-2-1-3-5-16/h1-12,19,22H. The summed E-state index contributed by atoms with van der Waals surface area (Å²) in [5.74, 6) is 0.172. The predicted molar refractivity (Wildman–Crippen MR) is 106 cm³/mol. The van der Waals surface area contributed by atoms with E-state index in [0.29, 0.717) is 16.1 Å². The second-order valence-electron chi connectivity index (χ2n) is 5.76. The van der Waals surface area contributed by atoms with E-state index in [0.717, 1.165) is 15.7 Å². The summed E-state index contributed by atoms with van der Waals surface area (Å²) in [6.45, 7) is 0. The summed E-state index contributed by atoms with van der Waals surface area (Å²) in [6, 6.07) is 22.4. The Morgan fingerprint density at radius 3 is 2.44 bits per heavy atom. The van der Waals surface area contributed by atoms with E-state index in [4.69, 9.17) is 16.1 Å². The quantitative estimate of drug-likeness (QED) is 0.498. The van der Waals surface area contributed by atoms with Gasteiger partial charge in [0.1, 0.15) is 11.5 Å². The molecule has 0 spiro atoms. The zero-order chi connectivity index (χ0) is 17.4. The highest BCUT2D eigenvalue weighted by Gasteiger charge is 2.46. The number of anilines is 1. The van der Waals surface area contributed by atoms with Crippen LogP contribution in [0, 0.1) is 0 Å². The Morgan fingerprint density at radius 1 is 1.00 bits per heavy atom. The zero-order valence-corrected chi connectivity index (χ0v) is 16.3. The molecule has 3 nitrogen and oxygen atoms in total. The van der Waals surface area contributed by atoms with Gasteiger partial charge in [-0.05, 0) is 54.6 Å². The molecule has 0 bridgehead atoms. The molecule has 3 aromatic rings. The van der Waals surface area contributed by atoms with Gasteiger partial charge in [-0.3, -0.25) is 4.57 Å². The first-order chi connectivity index (χ1) is 12.1. The molecule has 6 heteroatoms. The lowest BCUT2D eigenvalue weighted by Crippen LogP contribution is -2.16. The van der Waals surface area contributed by atoms with Crippen molar-refractivity contribution in [2.75, 3.05) is 5.32 Å². The van der Waals surface area contributed by atoms with Crippen LogP contribution < -0.4 is 15.1 Å². The van der Waals surface area contributed by atoms with Gasteiger partial charge in [0.25, 0.3) is 0 Å². The molecule has 0 saturated carbocycles. The van der Waals surface area contributed by atoms with Gasteiger partial charge in [0, 0.05) is 20.7 Å². The summed E-state index contributed by atoms with van der Waals surface area (Å²) in [7, 11) is -3.18. The lowest BCUT2D eigenvalue weighted by Gasteiger charge is -2.22. The zero-order valence-electron chi connectivity index (χ0n) is 13.0. The highest BCUT2D eigenvalue weighted by atomic mass is 79.9. The van der Waals surface area contributed by atoms with Gasteiger partial charge in [-0.2, -0.15) is 0 Å². The normalized spacial score (nSPS) is 21.4. The molecule has 0 radical (unpaired) electrons. The monoisotopic (exact) mass is 433 g/mol. The van der Waals surface area contributed by atoms with Crippen molar-refractivity contribution in [3.8, 4) is 5.75 Å². The van der Waals surface area contributed by atoms with Gasteiger partial charge in [0.05, 0.1) is 5.30 Å². The SMILES string of the molecule is O=P1(c2ccccc2)Oc2ccc(Br)cc2C1Nc1ccc(Cl)cc1. The maximum atomic E-state index is 13.9. The molecule has 0 fully saturated rings. The van der Waals surface area contributed by atoms with Gasteiger partial charge >= 0.3 is 7.37 Å². The average molecular weight is 435 g/mol. The molecule has 2 atom stereocenters. The molecular weight excluding hydrogens is 421 g/mol. The second-order valence-corrected chi connectivity index (χ2v) is 9.52. The summed E-state index contributed by atoms with van der Waals surface area (Å²) in [5.41, 5.74) is 1.71. The third-order valence-corrected chi connectivity index (χ3v) is 7.42. The summed E-state index contributed by atoms with van der Waals surface area (Å²) in [6.07, 6.45) is 0. The number of nitrogens with one attached hydrogen (secondary N) is 1. The van der Waals surface area contributed by atoms with Crippen molar-refractivity contribution >= 4 is 45.9 Å². The highest BCUT2D eigenvalue weighted by molar-refractivity contribution is 9.10. The molecule has 1 aliphatic heterocycles. The van der Waals surface area contributed by atoms with E-state index in [1.54, 1.807) is 12.1 Å². The molecule has 3 aromatic carbocycles. The van der Waals surface area contributed by atoms with Crippen molar-refractivity contribution in [2.45, 2.75) is 5.78 Å². The van der Waals surface area contributed by atoms with Crippen molar-refractivity contribution < 1.29 is 9.09 Å². The van der Waals surface area contributed by atoms with Crippen LogP contribution in [0.15, 0.2) is 77.3 Å². The summed E-state index contributed by atoms with van der Waals surface area (Å²) in [4.78, 5) is 0. The highest BCUT2D eigenvalue weighted by Crippen LogP contribution is 2.65. The molecule has 1 heterocycles. The minimum Gasteiger partial charge on any atom is -0.438 e. The molecule has 0 aliphatic carbocycles. The largest absolute Gasteiger partial charge is 0.438 e. The average Bonchev–Trinajstić information content (AvgIpc) is 2.90. The van der Waals surface area contributed by atoms with Gasteiger partial charge in [0.2, 0.25) is 0 Å². The second kappa shape index (κ2) is 6.53. The maximum absolute atomic E-state index is 13.9. The van der Waals surface area contributed by atoms with Crippen molar-refractivity contribution in [1.29, 1.82) is 0 Å². The van der Waals surface area contributed by atoms with Crippen molar-refractivity contribution in [2.24, 2.45) is 0 Å². The lowest BCUT2D eigenvalue weighted by atomic mass is 10.2. The summed E-state index contributed by atoms with van der Waals surface area (Å²) >= 11 is 9.46. The molecular formula is C19H14BrClNO2P. The van der Waals surface area contributed by atoms with Crippen molar-refractivity contribution in [1.82, 2.24) is 0 Å². The van der Waals surface area contributed by atoms with Crippen LogP contribution in [0.5, 0.6) is 5.75 Å². The topological polar surface area (TPSA) is 38.3 Å². The number of fused-ring (bicyclic) bond motifs is 1. The Kier molecular flexibility index (Phi) is 4.36. The van der Waals surface area contributed by atoms with E-state index in [9.17, 15) is 4.57 Å². The number of hydrogen-bond acceptors (Lipinski definition) is 3. The first-order valence-electron chi connectivity index (χ1n) is 7.73. The Bertz CT molecular complexity index is 963. The van der Waals surface area contributed by atoms with Gasteiger partial charge in [-0.1, -0.05) is 45.7 Å². The van der Waals surface area contributed by atoms with Crippen LogP contribution in [-0.2, 0) is 4.57 Å². The van der Waals surface area contributed by atoms with Gasteiger partial charge in [0.15, 0.2) is 0 Å². The molecule has 4 rings (SSSR count). The van der Waals surface area contributed by atoms with E-state index in [2.05, 4.69) is 21.2 Å². The van der Waals surface area contributed by atoms with Crippen molar-refractivity contribution in [3.05, 3.63) is 87.9 Å². The lowest BCUT2D eigenvalue weighted by molar-refractivity contribution is 0.501. The third kappa shape index (κ3) is 3.10. The van der Waals surface area contributed by atoms with E-state index >= 15 is 0 Å². The Balaban J connectivity index is 1.81. The van der Waals surface area contributed by atoms with Crippen LogP contribution in [0.2, 0.25) is 5.02 Å². The van der Waals surface area contributed by atoms with Crippen LogP contribution in [0.1, 0.15) is 11.3 Å². The van der Waals surface area contributed by atoms with Crippen LogP contribution in [-0.4, -0.2) is 0 Å². The number of rotatable bonds is 3. The van der Waals surface area contributed by atoms with E-state index in [-0.39, 0.29) is 0 Å². The summed E-state index contributed by atoms with van der Waals surface area (Å²) in [5, 5.41) is 4.72. The molecule has 0 saturated heterocycles. The fraction of sp³-hybridized carbons (Fsp3) is 0.0526. The molecule has 0 amide bonds. The van der Waals surface area contributed by atoms with Crippen LogP contribution in [0.25, 0.3) is 0 Å². The van der Waals surface area contributed by atoms with Crippen LogP contribution >= 0.6 is 34.9 Å². The minimum absolute atomic E-state index is 0.469. The van der Waals surface area contributed by atoms with E-state index < -0.39 is 13.2 Å². The molecule has 25 heavy (non-hydrogen) atoms. The fourth-order valence-corrected chi connectivity index (χ4v) is 5.85. The molecule has 126 valence electrons. The molecule has 2 unspecified atom stereocenters. The van der Waals surface area contributed by atoms with Crippen LogP contribution in [0.3, 0.4) is 0 Å². The first-order valence-corrected chi connectivity index (χ1v) is 10.6. The minimum atomic E-state index is -3.18. The van der Waals surface area contributed by atoms with Gasteiger partial charge in [-0.25, -0.2) is 0 Å². The maximum Gasteiger partial charge on any atom is 0.303 e. The molecule has 0 aromatic heterocycles. The van der Waals surface area contributed by atoms with E-state index in [1.807, 2.05) is 60.7 Å². The molecule has 1 N–H and O–H groups in total. The first kappa shape index (κ1) is 16.7. The van der Waals surface area contributed by atoms with Crippen molar-refractivity contribution in [3.63, 3.8) is 0 Å². The number of halogens is 2. The van der Waals surface area contributed by atoms with Gasteiger partial charge < -0.3 is 9.84 Å².